The molecule has 0 N–H and O–H groups in total. The zero-order valence-corrected chi connectivity index (χ0v) is 10.4. The van der Waals surface area contributed by atoms with Gasteiger partial charge in [0.15, 0.2) is 0 Å². The van der Waals surface area contributed by atoms with Crippen LogP contribution in [0.3, 0.4) is 0 Å². The first kappa shape index (κ1) is 13.9. The van der Waals surface area contributed by atoms with Gasteiger partial charge in [-0.15, -0.1) is 11.6 Å². The van der Waals surface area contributed by atoms with Gasteiger partial charge in [0.05, 0.1) is 6.61 Å². The number of carbonyl (C=O) groups excluding carboxylic acids is 1. The molecule has 1 amide bonds. The summed E-state index contributed by atoms with van der Waals surface area (Å²) < 4.78 is 18.3. The monoisotopic (exact) mass is 259 g/mol. The fraction of sp³-hybridized carbons (Fsp3) is 0.417. The summed E-state index contributed by atoms with van der Waals surface area (Å²) in [5.74, 6) is -0.665. The molecule has 0 heterocycles. The molecule has 0 spiro atoms. The van der Waals surface area contributed by atoms with E-state index >= 15 is 0 Å². The SMILES string of the molecule is COCCN(Cc1ccccc1F)C(=O)CCl. The van der Waals surface area contributed by atoms with Crippen LogP contribution >= 0.6 is 11.6 Å². The lowest BCUT2D eigenvalue weighted by atomic mass is 10.2. The average molecular weight is 260 g/mol. The Hall–Kier alpha value is -1.13. The number of carbonyl (C=O) groups is 1. The van der Waals surface area contributed by atoms with Crippen LogP contribution in [0.1, 0.15) is 5.56 Å². The van der Waals surface area contributed by atoms with Crippen LogP contribution in [0.15, 0.2) is 24.3 Å². The summed E-state index contributed by atoms with van der Waals surface area (Å²) in [6.45, 7) is 1.01. The average Bonchev–Trinajstić information content (AvgIpc) is 2.35. The predicted octanol–water partition coefficient (Wildman–Crippen LogP) is 2.04. The summed E-state index contributed by atoms with van der Waals surface area (Å²) in [5.41, 5.74) is 0.474. The van der Waals surface area contributed by atoms with Gasteiger partial charge in [-0.05, 0) is 6.07 Å². The summed E-state index contributed by atoms with van der Waals surface area (Å²) in [6.07, 6.45) is 0. The van der Waals surface area contributed by atoms with Crippen LogP contribution in [-0.4, -0.2) is 36.9 Å². The smallest absolute Gasteiger partial charge is 0.237 e. The molecule has 1 aromatic carbocycles. The van der Waals surface area contributed by atoms with E-state index < -0.39 is 0 Å². The van der Waals surface area contributed by atoms with Gasteiger partial charge in [-0.1, -0.05) is 18.2 Å². The zero-order chi connectivity index (χ0) is 12.7. The fourth-order valence-corrected chi connectivity index (χ4v) is 1.58. The highest BCUT2D eigenvalue weighted by atomic mass is 35.5. The molecule has 94 valence electrons. The summed E-state index contributed by atoms with van der Waals surface area (Å²) in [5, 5.41) is 0. The van der Waals surface area contributed by atoms with Crippen molar-refractivity contribution in [2.75, 3.05) is 26.1 Å². The number of alkyl halides is 1. The van der Waals surface area contributed by atoms with Crippen molar-refractivity contribution in [2.45, 2.75) is 6.54 Å². The predicted molar refractivity (Wildman–Crippen MR) is 64.4 cm³/mol. The molecule has 1 rings (SSSR count). The van der Waals surface area contributed by atoms with E-state index in [9.17, 15) is 9.18 Å². The number of hydrogen-bond donors (Lipinski definition) is 0. The van der Waals surface area contributed by atoms with Crippen molar-refractivity contribution in [3.63, 3.8) is 0 Å². The van der Waals surface area contributed by atoms with Crippen molar-refractivity contribution in [2.24, 2.45) is 0 Å². The normalized spacial score (nSPS) is 10.3. The Morgan fingerprint density at radius 2 is 2.18 bits per heavy atom. The van der Waals surface area contributed by atoms with Crippen molar-refractivity contribution < 1.29 is 13.9 Å². The number of hydrogen-bond acceptors (Lipinski definition) is 2. The van der Waals surface area contributed by atoms with E-state index in [1.807, 2.05) is 0 Å². The van der Waals surface area contributed by atoms with E-state index in [0.29, 0.717) is 18.7 Å². The molecular weight excluding hydrogens is 245 g/mol. The molecule has 0 saturated heterocycles. The van der Waals surface area contributed by atoms with Gasteiger partial charge in [-0.3, -0.25) is 4.79 Å². The van der Waals surface area contributed by atoms with Crippen LogP contribution in [0.4, 0.5) is 4.39 Å². The van der Waals surface area contributed by atoms with Gasteiger partial charge in [-0.25, -0.2) is 4.39 Å². The molecule has 0 aromatic heterocycles. The molecule has 5 heteroatoms. The van der Waals surface area contributed by atoms with Crippen LogP contribution in [0.25, 0.3) is 0 Å². The minimum absolute atomic E-state index is 0.113. The van der Waals surface area contributed by atoms with Gasteiger partial charge in [0, 0.05) is 25.8 Å². The van der Waals surface area contributed by atoms with E-state index in [-0.39, 0.29) is 24.1 Å². The van der Waals surface area contributed by atoms with Crippen LogP contribution in [0.5, 0.6) is 0 Å². The van der Waals surface area contributed by atoms with E-state index in [2.05, 4.69) is 0 Å². The van der Waals surface area contributed by atoms with Gasteiger partial charge in [0.25, 0.3) is 0 Å². The second-order valence-electron chi connectivity index (χ2n) is 3.53. The third-order valence-corrected chi connectivity index (χ3v) is 2.58. The highest BCUT2D eigenvalue weighted by molar-refractivity contribution is 6.27. The van der Waals surface area contributed by atoms with Crippen LogP contribution in [0.2, 0.25) is 0 Å². The third-order valence-electron chi connectivity index (χ3n) is 2.35. The molecule has 0 aliphatic heterocycles. The molecule has 17 heavy (non-hydrogen) atoms. The molecule has 0 radical (unpaired) electrons. The van der Waals surface area contributed by atoms with E-state index in [4.69, 9.17) is 16.3 Å². The van der Waals surface area contributed by atoms with E-state index in [0.717, 1.165) is 0 Å². The first-order valence-corrected chi connectivity index (χ1v) is 5.78. The number of methoxy groups -OCH3 is 1. The van der Waals surface area contributed by atoms with E-state index in [1.54, 1.807) is 25.3 Å². The van der Waals surface area contributed by atoms with E-state index in [1.165, 1.54) is 11.0 Å². The van der Waals surface area contributed by atoms with Crippen molar-refractivity contribution in [3.8, 4) is 0 Å². The second-order valence-corrected chi connectivity index (χ2v) is 3.80. The van der Waals surface area contributed by atoms with Crippen LogP contribution in [0, 0.1) is 5.82 Å². The molecule has 0 atom stereocenters. The first-order chi connectivity index (χ1) is 8.19. The van der Waals surface area contributed by atoms with Gasteiger partial charge >= 0.3 is 0 Å². The number of ether oxygens (including phenoxy) is 1. The van der Waals surface area contributed by atoms with Crippen molar-refractivity contribution in [1.29, 1.82) is 0 Å². The van der Waals surface area contributed by atoms with Gasteiger partial charge < -0.3 is 9.64 Å². The summed E-state index contributed by atoms with van der Waals surface area (Å²) >= 11 is 5.51. The molecule has 0 saturated carbocycles. The summed E-state index contributed by atoms with van der Waals surface area (Å²) in [6, 6.07) is 6.37. The number of benzene rings is 1. The quantitative estimate of drug-likeness (QED) is 0.732. The third kappa shape index (κ3) is 4.32. The summed E-state index contributed by atoms with van der Waals surface area (Å²) in [7, 11) is 1.55. The Balaban J connectivity index is 2.72. The molecule has 0 bridgehead atoms. The molecule has 3 nitrogen and oxygen atoms in total. The van der Waals surface area contributed by atoms with Gasteiger partial charge in [0.1, 0.15) is 11.7 Å². The van der Waals surface area contributed by atoms with Crippen molar-refractivity contribution >= 4 is 17.5 Å². The lowest BCUT2D eigenvalue weighted by Crippen LogP contribution is -2.34. The zero-order valence-electron chi connectivity index (χ0n) is 9.66. The number of nitrogens with zero attached hydrogens (tertiary/aromatic N) is 1. The number of rotatable bonds is 6. The molecule has 0 aliphatic carbocycles. The van der Waals surface area contributed by atoms with Gasteiger partial charge in [0.2, 0.25) is 5.91 Å². The maximum absolute atomic E-state index is 13.4. The maximum Gasteiger partial charge on any atom is 0.237 e. The lowest BCUT2D eigenvalue weighted by Gasteiger charge is -2.21. The molecule has 0 unspecified atom stereocenters. The Morgan fingerprint density at radius 3 is 2.76 bits per heavy atom. The minimum Gasteiger partial charge on any atom is -0.383 e. The summed E-state index contributed by atoms with van der Waals surface area (Å²) in [4.78, 5) is 13.0. The number of halogens is 2. The lowest BCUT2D eigenvalue weighted by molar-refractivity contribution is -0.129. The topological polar surface area (TPSA) is 29.5 Å². The first-order valence-electron chi connectivity index (χ1n) is 5.25. The van der Waals surface area contributed by atoms with Crippen LogP contribution in [-0.2, 0) is 16.1 Å². The fourth-order valence-electron chi connectivity index (χ4n) is 1.41. The maximum atomic E-state index is 13.4. The molecule has 0 aliphatic rings. The number of amides is 1. The largest absolute Gasteiger partial charge is 0.383 e. The van der Waals surface area contributed by atoms with Crippen molar-refractivity contribution in [3.05, 3.63) is 35.6 Å². The Bertz CT molecular complexity index is 373. The molecule has 0 fully saturated rings. The standard InChI is InChI=1S/C12H15ClFNO2/c1-17-7-6-15(12(16)8-13)9-10-4-2-3-5-11(10)14/h2-5H,6-9H2,1H3. The highest BCUT2D eigenvalue weighted by Gasteiger charge is 2.14. The Labute approximate surface area is 105 Å². The Morgan fingerprint density at radius 1 is 1.47 bits per heavy atom. The second kappa shape index (κ2) is 7.25. The molecular formula is C12H15ClFNO2. The van der Waals surface area contributed by atoms with Gasteiger partial charge in [-0.2, -0.15) is 0 Å². The van der Waals surface area contributed by atoms with Crippen molar-refractivity contribution in [1.82, 2.24) is 4.90 Å². The molecule has 1 aromatic rings. The minimum atomic E-state index is -0.322. The highest BCUT2D eigenvalue weighted by Crippen LogP contribution is 2.10. The van der Waals surface area contributed by atoms with Crippen LogP contribution < -0.4 is 0 Å². The Kier molecular flexibility index (Phi) is 5.94.